The Morgan fingerprint density at radius 2 is 1.94 bits per heavy atom. The number of aldehydes is 1. The molecule has 0 aliphatic rings. The molecule has 0 aliphatic heterocycles. The number of nitrogens with one attached hydrogen (secondary N) is 1. The van der Waals surface area contributed by atoms with Crippen LogP contribution in [0.4, 0.5) is 5.69 Å². The zero-order valence-corrected chi connectivity index (χ0v) is 9.04. The molecule has 1 rings (SSSR count). The van der Waals surface area contributed by atoms with E-state index in [1.165, 1.54) is 37.3 Å². The van der Waals surface area contributed by atoms with Gasteiger partial charge < -0.3 is 5.32 Å². The lowest BCUT2D eigenvalue weighted by Crippen LogP contribution is -2.19. The Labute approximate surface area is 97.1 Å². The summed E-state index contributed by atoms with van der Waals surface area (Å²) in [7, 11) is 0. The Kier molecular flexibility index (Phi) is 4.10. The summed E-state index contributed by atoms with van der Waals surface area (Å²) in [6.07, 6.45) is 1.93. The number of allylic oxidation sites excluding steroid dienone is 1. The fourth-order valence-corrected chi connectivity index (χ4v) is 1.17. The van der Waals surface area contributed by atoms with Crippen molar-refractivity contribution in [3.63, 3.8) is 0 Å². The van der Waals surface area contributed by atoms with Crippen LogP contribution >= 0.6 is 0 Å². The van der Waals surface area contributed by atoms with E-state index in [1.54, 1.807) is 0 Å². The van der Waals surface area contributed by atoms with Crippen LogP contribution in [0, 0.1) is 10.1 Å². The van der Waals surface area contributed by atoms with E-state index in [-0.39, 0.29) is 17.3 Å². The summed E-state index contributed by atoms with van der Waals surface area (Å²) in [6, 6.07) is 5.62. The van der Waals surface area contributed by atoms with Crippen LogP contribution in [0.2, 0.25) is 0 Å². The SMILES string of the molecule is CC(=O)N/C(C=O)=C\c1ccc([N+](=O)[O-])cc1. The van der Waals surface area contributed by atoms with E-state index in [9.17, 15) is 19.7 Å². The van der Waals surface area contributed by atoms with Crippen molar-refractivity contribution in [3.8, 4) is 0 Å². The van der Waals surface area contributed by atoms with Crippen LogP contribution in [0.25, 0.3) is 6.08 Å². The minimum absolute atomic E-state index is 0.0330. The molecular weight excluding hydrogens is 224 g/mol. The molecule has 0 spiro atoms. The Hall–Kier alpha value is -2.50. The van der Waals surface area contributed by atoms with Crippen molar-refractivity contribution in [2.24, 2.45) is 0 Å². The monoisotopic (exact) mass is 234 g/mol. The zero-order chi connectivity index (χ0) is 12.8. The zero-order valence-electron chi connectivity index (χ0n) is 9.04. The van der Waals surface area contributed by atoms with Crippen LogP contribution in [0.1, 0.15) is 12.5 Å². The molecule has 6 heteroatoms. The minimum atomic E-state index is -0.512. The first-order valence-corrected chi connectivity index (χ1v) is 4.72. The molecule has 0 aromatic heterocycles. The third kappa shape index (κ3) is 3.86. The number of nitro benzene ring substituents is 1. The molecule has 0 radical (unpaired) electrons. The molecule has 17 heavy (non-hydrogen) atoms. The predicted molar refractivity (Wildman–Crippen MR) is 61.0 cm³/mol. The molecular formula is C11H10N2O4. The Morgan fingerprint density at radius 1 is 1.35 bits per heavy atom. The molecule has 1 N–H and O–H groups in total. The van der Waals surface area contributed by atoms with E-state index in [1.807, 2.05) is 0 Å². The molecule has 0 unspecified atom stereocenters. The van der Waals surface area contributed by atoms with Gasteiger partial charge in [0, 0.05) is 19.1 Å². The maximum Gasteiger partial charge on any atom is 0.269 e. The van der Waals surface area contributed by atoms with Gasteiger partial charge in [0.1, 0.15) is 0 Å². The quantitative estimate of drug-likeness (QED) is 0.367. The molecule has 1 aromatic rings. The van der Waals surface area contributed by atoms with Gasteiger partial charge in [-0.2, -0.15) is 0 Å². The third-order valence-corrected chi connectivity index (χ3v) is 1.87. The number of benzene rings is 1. The van der Waals surface area contributed by atoms with Crippen molar-refractivity contribution in [2.45, 2.75) is 6.92 Å². The first-order chi connectivity index (χ1) is 8.02. The average Bonchev–Trinajstić information content (AvgIpc) is 2.28. The van der Waals surface area contributed by atoms with Crippen LogP contribution in [-0.4, -0.2) is 17.1 Å². The maximum atomic E-state index is 10.7. The molecule has 0 saturated heterocycles. The second-order valence-corrected chi connectivity index (χ2v) is 3.25. The summed E-state index contributed by atoms with van der Waals surface area (Å²) in [5, 5.41) is 12.7. The first kappa shape index (κ1) is 12.6. The van der Waals surface area contributed by atoms with E-state index < -0.39 is 4.92 Å². The highest BCUT2D eigenvalue weighted by Crippen LogP contribution is 2.13. The molecule has 88 valence electrons. The minimum Gasteiger partial charge on any atom is -0.324 e. The number of carbonyl (C=O) groups is 2. The van der Waals surface area contributed by atoms with Crippen LogP contribution < -0.4 is 5.32 Å². The summed E-state index contributed by atoms with van der Waals surface area (Å²) >= 11 is 0. The predicted octanol–water partition coefficient (Wildman–Crippen LogP) is 1.27. The highest BCUT2D eigenvalue weighted by Gasteiger charge is 2.03. The van der Waals surface area contributed by atoms with Crippen LogP contribution in [0.15, 0.2) is 30.0 Å². The van der Waals surface area contributed by atoms with Gasteiger partial charge in [0.15, 0.2) is 6.29 Å². The van der Waals surface area contributed by atoms with Gasteiger partial charge in [-0.3, -0.25) is 19.7 Å². The van der Waals surface area contributed by atoms with Gasteiger partial charge in [0.05, 0.1) is 10.6 Å². The topological polar surface area (TPSA) is 89.3 Å². The van der Waals surface area contributed by atoms with Gasteiger partial charge in [0.25, 0.3) is 5.69 Å². The van der Waals surface area contributed by atoms with Crippen molar-refractivity contribution < 1.29 is 14.5 Å². The maximum absolute atomic E-state index is 10.7. The number of hydrogen-bond donors (Lipinski definition) is 1. The standard InChI is InChI=1S/C11H10N2O4/c1-8(15)12-10(7-14)6-9-2-4-11(5-3-9)13(16)17/h2-7H,1H3,(H,12,15)/b10-6-. The van der Waals surface area contributed by atoms with Gasteiger partial charge in [-0.05, 0) is 23.8 Å². The second-order valence-electron chi connectivity index (χ2n) is 3.25. The molecule has 0 atom stereocenters. The largest absolute Gasteiger partial charge is 0.324 e. The van der Waals surface area contributed by atoms with Crippen molar-refractivity contribution in [1.82, 2.24) is 5.32 Å². The number of carbonyl (C=O) groups excluding carboxylic acids is 2. The Bertz CT molecular complexity index is 477. The highest BCUT2D eigenvalue weighted by atomic mass is 16.6. The summed E-state index contributed by atoms with van der Waals surface area (Å²) in [4.78, 5) is 31.3. The van der Waals surface area contributed by atoms with Gasteiger partial charge in [-0.25, -0.2) is 0 Å². The smallest absolute Gasteiger partial charge is 0.269 e. The number of hydrogen-bond acceptors (Lipinski definition) is 4. The fourth-order valence-electron chi connectivity index (χ4n) is 1.17. The molecule has 0 saturated carbocycles. The van der Waals surface area contributed by atoms with Crippen LogP contribution in [0.3, 0.4) is 0 Å². The lowest BCUT2D eigenvalue weighted by Gasteiger charge is -2.00. The van der Waals surface area contributed by atoms with Crippen molar-refractivity contribution in [3.05, 3.63) is 45.6 Å². The molecule has 0 fully saturated rings. The number of nitro groups is 1. The van der Waals surface area contributed by atoms with Gasteiger partial charge in [-0.1, -0.05) is 0 Å². The van der Waals surface area contributed by atoms with E-state index in [2.05, 4.69) is 5.32 Å². The molecule has 1 aromatic carbocycles. The highest BCUT2D eigenvalue weighted by molar-refractivity contribution is 5.88. The van der Waals surface area contributed by atoms with Crippen LogP contribution in [0.5, 0.6) is 0 Å². The third-order valence-electron chi connectivity index (χ3n) is 1.87. The molecule has 6 nitrogen and oxygen atoms in total. The van der Waals surface area contributed by atoms with E-state index in [0.29, 0.717) is 11.8 Å². The molecule has 0 aliphatic carbocycles. The van der Waals surface area contributed by atoms with Crippen molar-refractivity contribution >= 4 is 24.0 Å². The lowest BCUT2D eigenvalue weighted by atomic mass is 10.2. The van der Waals surface area contributed by atoms with Gasteiger partial charge >= 0.3 is 0 Å². The van der Waals surface area contributed by atoms with Crippen molar-refractivity contribution in [1.29, 1.82) is 0 Å². The van der Waals surface area contributed by atoms with E-state index in [0.717, 1.165) is 0 Å². The number of nitrogens with zero attached hydrogens (tertiary/aromatic N) is 1. The molecule has 1 amide bonds. The van der Waals surface area contributed by atoms with Gasteiger partial charge in [-0.15, -0.1) is 0 Å². The number of amides is 1. The fraction of sp³-hybridized carbons (Fsp3) is 0.0909. The van der Waals surface area contributed by atoms with Crippen molar-refractivity contribution in [2.75, 3.05) is 0 Å². The normalized spacial score (nSPS) is 10.8. The Morgan fingerprint density at radius 3 is 2.35 bits per heavy atom. The average molecular weight is 234 g/mol. The molecule has 0 heterocycles. The van der Waals surface area contributed by atoms with Crippen LogP contribution in [-0.2, 0) is 9.59 Å². The summed E-state index contributed by atoms with van der Waals surface area (Å²) in [5.41, 5.74) is 0.659. The van der Waals surface area contributed by atoms with E-state index in [4.69, 9.17) is 0 Å². The summed E-state index contributed by atoms with van der Waals surface area (Å²) < 4.78 is 0. The molecule has 0 bridgehead atoms. The van der Waals surface area contributed by atoms with Gasteiger partial charge in [0.2, 0.25) is 5.91 Å². The Balaban J connectivity index is 2.92. The number of rotatable bonds is 4. The summed E-state index contributed by atoms with van der Waals surface area (Å²) in [5.74, 6) is -0.356. The number of non-ortho nitro benzene ring substituents is 1. The van der Waals surface area contributed by atoms with E-state index >= 15 is 0 Å². The summed E-state index contributed by atoms with van der Waals surface area (Å²) in [6.45, 7) is 1.28. The first-order valence-electron chi connectivity index (χ1n) is 4.72. The lowest BCUT2D eigenvalue weighted by molar-refractivity contribution is -0.384. The second kappa shape index (κ2) is 5.55.